The number of halogens is 1. The largest absolute Gasteiger partial charge is 0.494 e. The van der Waals surface area contributed by atoms with E-state index in [9.17, 15) is 4.39 Å². The van der Waals surface area contributed by atoms with Gasteiger partial charge in [-0.1, -0.05) is 25.3 Å². The van der Waals surface area contributed by atoms with Gasteiger partial charge in [-0.3, -0.25) is 0 Å². The third-order valence-corrected chi connectivity index (χ3v) is 4.18. The molecular formula is C15H22FNO. The zero-order valence-electron chi connectivity index (χ0n) is 11.3. The van der Waals surface area contributed by atoms with Crippen LogP contribution in [0.5, 0.6) is 5.75 Å². The number of methoxy groups -OCH3 is 1. The topological polar surface area (TPSA) is 35.2 Å². The van der Waals surface area contributed by atoms with Crippen LogP contribution in [0, 0.1) is 12.7 Å². The third kappa shape index (κ3) is 2.24. The number of aryl methyl sites for hydroxylation is 1. The highest BCUT2D eigenvalue weighted by Gasteiger charge is 2.35. The van der Waals surface area contributed by atoms with E-state index in [0.717, 1.165) is 36.8 Å². The van der Waals surface area contributed by atoms with Gasteiger partial charge in [-0.25, -0.2) is 4.39 Å². The Morgan fingerprint density at radius 3 is 2.50 bits per heavy atom. The van der Waals surface area contributed by atoms with E-state index in [1.165, 1.54) is 13.5 Å². The van der Waals surface area contributed by atoms with E-state index in [2.05, 4.69) is 0 Å². The van der Waals surface area contributed by atoms with Crippen molar-refractivity contribution in [2.75, 3.05) is 13.7 Å². The normalized spacial score (nSPS) is 18.7. The quantitative estimate of drug-likeness (QED) is 0.894. The van der Waals surface area contributed by atoms with Crippen LogP contribution in [0.1, 0.15) is 43.2 Å². The van der Waals surface area contributed by atoms with E-state index in [-0.39, 0.29) is 11.2 Å². The summed E-state index contributed by atoms with van der Waals surface area (Å²) in [7, 11) is 1.51. The fraction of sp³-hybridized carbons (Fsp3) is 0.600. The molecule has 100 valence electrons. The predicted octanol–water partition coefficient (Wildman–Crippen LogP) is 3.30. The van der Waals surface area contributed by atoms with Crippen LogP contribution in [0.25, 0.3) is 0 Å². The molecule has 0 aliphatic heterocycles. The van der Waals surface area contributed by atoms with Crippen LogP contribution >= 0.6 is 0 Å². The summed E-state index contributed by atoms with van der Waals surface area (Å²) in [6, 6.07) is 3.68. The van der Waals surface area contributed by atoms with E-state index in [0.29, 0.717) is 12.3 Å². The molecule has 0 aromatic heterocycles. The number of hydrogen-bond donors (Lipinski definition) is 1. The van der Waals surface area contributed by atoms with E-state index in [1.807, 2.05) is 13.0 Å². The van der Waals surface area contributed by atoms with Crippen LogP contribution in [0.15, 0.2) is 12.1 Å². The van der Waals surface area contributed by atoms with Crippen molar-refractivity contribution >= 4 is 0 Å². The summed E-state index contributed by atoms with van der Waals surface area (Å²) in [5, 5.41) is 0. The Hall–Kier alpha value is -1.09. The van der Waals surface area contributed by atoms with E-state index in [1.54, 1.807) is 6.07 Å². The Labute approximate surface area is 108 Å². The third-order valence-electron chi connectivity index (χ3n) is 4.18. The molecule has 2 N–H and O–H groups in total. The van der Waals surface area contributed by atoms with Crippen LogP contribution in [0.3, 0.4) is 0 Å². The molecule has 0 heterocycles. The van der Waals surface area contributed by atoms with E-state index >= 15 is 0 Å². The Kier molecular flexibility index (Phi) is 3.91. The van der Waals surface area contributed by atoms with Gasteiger partial charge in [-0.05, 0) is 37.0 Å². The average molecular weight is 251 g/mol. The minimum absolute atomic E-state index is 0.193. The minimum Gasteiger partial charge on any atom is -0.494 e. The van der Waals surface area contributed by atoms with Gasteiger partial charge in [0.1, 0.15) is 0 Å². The van der Waals surface area contributed by atoms with Gasteiger partial charge >= 0.3 is 0 Å². The molecule has 2 nitrogen and oxygen atoms in total. The van der Waals surface area contributed by atoms with Crippen molar-refractivity contribution in [2.24, 2.45) is 5.73 Å². The standard InChI is InChI=1S/C15H22FNO/c1-11-8-12(14(16)13(9-11)18-2)15(10-17)6-4-3-5-7-15/h8-9H,3-7,10,17H2,1-2H3. The molecule has 1 aliphatic rings. The predicted molar refractivity (Wildman–Crippen MR) is 71.5 cm³/mol. The summed E-state index contributed by atoms with van der Waals surface area (Å²) in [4.78, 5) is 0. The molecule has 1 aliphatic carbocycles. The maximum atomic E-state index is 14.5. The summed E-state index contributed by atoms with van der Waals surface area (Å²) in [6.07, 6.45) is 5.45. The molecule has 0 amide bonds. The van der Waals surface area contributed by atoms with Gasteiger partial charge in [0.2, 0.25) is 0 Å². The smallest absolute Gasteiger partial charge is 0.168 e. The van der Waals surface area contributed by atoms with Gasteiger partial charge in [0.15, 0.2) is 11.6 Å². The number of hydrogen-bond acceptors (Lipinski definition) is 2. The maximum Gasteiger partial charge on any atom is 0.168 e. The Morgan fingerprint density at radius 2 is 1.94 bits per heavy atom. The summed E-state index contributed by atoms with van der Waals surface area (Å²) < 4.78 is 19.6. The lowest BCUT2D eigenvalue weighted by Gasteiger charge is -2.37. The van der Waals surface area contributed by atoms with Crippen LogP contribution < -0.4 is 10.5 Å². The average Bonchev–Trinajstić information content (AvgIpc) is 2.41. The molecule has 2 rings (SSSR count). The summed E-state index contributed by atoms with van der Waals surface area (Å²) in [5.74, 6) is 0.110. The van der Waals surface area contributed by atoms with Crippen molar-refractivity contribution in [3.63, 3.8) is 0 Å². The van der Waals surface area contributed by atoms with Crippen molar-refractivity contribution in [2.45, 2.75) is 44.4 Å². The first-order valence-electron chi connectivity index (χ1n) is 6.67. The fourth-order valence-electron chi connectivity index (χ4n) is 3.08. The Bertz CT molecular complexity index is 425. The molecule has 0 radical (unpaired) electrons. The molecule has 0 atom stereocenters. The number of benzene rings is 1. The van der Waals surface area contributed by atoms with Gasteiger partial charge in [-0.15, -0.1) is 0 Å². The first-order valence-corrected chi connectivity index (χ1v) is 6.67. The highest BCUT2D eigenvalue weighted by molar-refractivity contribution is 5.40. The summed E-state index contributed by atoms with van der Waals surface area (Å²) >= 11 is 0. The van der Waals surface area contributed by atoms with Crippen LogP contribution in [-0.4, -0.2) is 13.7 Å². The van der Waals surface area contributed by atoms with Crippen molar-refractivity contribution < 1.29 is 9.13 Å². The van der Waals surface area contributed by atoms with E-state index in [4.69, 9.17) is 10.5 Å². The molecule has 0 spiro atoms. The van der Waals surface area contributed by atoms with Crippen LogP contribution in [0.2, 0.25) is 0 Å². The van der Waals surface area contributed by atoms with Crippen molar-refractivity contribution in [1.29, 1.82) is 0 Å². The lowest BCUT2D eigenvalue weighted by Crippen LogP contribution is -2.38. The van der Waals surface area contributed by atoms with Crippen molar-refractivity contribution in [3.05, 3.63) is 29.1 Å². The molecule has 18 heavy (non-hydrogen) atoms. The second-order valence-corrected chi connectivity index (χ2v) is 5.37. The van der Waals surface area contributed by atoms with Gasteiger partial charge in [0.25, 0.3) is 0 Å². The molecule has 1 aromatic rings. The molecule has 1 saturated carbocycles. The number of ether oxygens (including phenoxy) is 1. The monoisotopic (exact) mass is 251 g/mol. The first-order chi connectivity index (χ1) is 8.63. The number of nitrogens with two attached hydrogens (primary N) is 1. The molecule has 0 unspecified atom stereocenters. The molecular weight excluding hydrogens is 229 g/mol. The van der Waals surface area contributed by atoms with Gasteiger partial charge in [0, 0.05) is 12.0 Å². The second kappa shape index (κ2) is 5.27. The van der Waals surface area contributed by atoms with E-state index < -0.39 is 0 Å². The molecule has 0 bridgehead atoms. The Morgan fingerprint density at radius 1 is 1.28 bits per heavy atom. The molecule has 3 heteroatoms. The van der Waals surface area contributed by atoms with Gasteiger partial charge in [-0.2, -0.15) is 0 Å². The molecule has 1 aromatic carbocycles. The lowest BCUT2D eigenvalue weighted by atomic mass is 9.69. The number of rotatable bonds is 3. The SMILES string of the molecule is COc1cc(C)cc(C2(CN)CCCCC2)c1F. The molecule has 0 saturated heterocycles. The van der Waals surface area contributed by atoms with Gasteiger partial charge < -0.3 is 10.5 Å². The lowest BCUT2D eigenvalue weighted by molar-refractivity contribution is 0.286. The zero-order valence-corrected chi connectivity index (χ0v) is 11.3. The minimum atomic E-state index is -0.226. The summed E-state index contributed by atoms with van der Waals surface area (Å²) in [6.45, 7) is 2.48. The maximum absolute atomic E-state index is 14.5. The Balaban J connectivity index is 2.50. The molecule has 1 fully saturated rings. The first kappa shape index (κ1) is 13.3. The summed E-state index contributed by atoms with van der Waals surface area (Å²) in [5.41, 5.74) is 7.56. The van der Waals surface area contributed by atoms with Crippen LogP contribution in [-0.2, 0) is 5.41 Å². The van der Waals surface area contributed by atoms with Crippen molar-refractivity contribution in [3.8, 4) is 5.75 Å². The van der Waals surface area contributed by atoms with Crippen molar-refractivity contribution in [1.82, 2.24) is 0 Å². The fourth-order valence-corrected chi connectivity index (χ4v) is 3.08. The van der Waals surface area contributed by atoms with Gasteiger partial charge in [0.05, 0.1) is 7.11 Å². The second-order valence-electron chi connectivity index (χ2n) is 5.37. The highest BCUT2D eigenvalue weighted by Crippen LogP contribution is 2.41. The highest BCUT2D eigenvalue weighted by atomic mass is 19.1. The zero-order chi connectivity index (χ0) is 13.2. The van der Waals surface area contributed by atoms with Crippen LogP contribution in [0.4, 0.5) is 4.39 Å².